The quantitative estimate of drug-likeness (QED) is 0.328. The molecule has 0 unspecified atom stereocenters. The van der Waals surface area contributed by atoms with Gasteiger partial charge in [-0.2, -0.15) is 8.42 Å². The Bertz CT molecular complexity index is 927. The Morgan fingerprint density at radius 2 is 1.76 bits per heavy atom. The lowest BCUT2D eigenvalue weighted by Gasteiger charge is -2.62. The van der Waals surface area contributed by atoms with Crippen LogP contribution in [0.2, 0.25) is 0 Å². The Balaban J connectivity index is 1.42. The zero-order valence-corrected chi connectivity index (χ0v) is 23.7. The lowest BCUT2D eigenvalue weighted by atomic mass is 9.43. The fourth-order valence-corrected chi connectivity index (χ4v) is 10.0. The standard InChI is InChI=1S/C28H49NO7S/c1-18(4-9-26(33)29(12-14-30)13-15-37(34,35)36)22-7-8-23-21-6-5-19-16-20(31)10-11-27(19,2)24(21)17-25(32)28(22,23)3/h18-25,30-32H,4-17H2,1-3H3,(H,34,35,36)/t18-,19-,20-,21+,22-,23+,24+,25+,27+,28-/m1/s1. The summed E-state index contributed by atoms with van der Waals surface area (Å²) in [6.45, 7) is 6.55. The summed E-state index contributed by atoms with van der Waals surface area (Å²) in [5.41, 5.74) is 0.0373. The van der Waals surface area contributed by atoms with Crippen LogP contribution in [-0.4, -0.2) is 76.8 Å². The monoisotopic (exact) mass is 543 g/mol. The molecule has 0 radical (unpaired) electrons. The minimum atomic E-state index is -4.18. The molecule has 10 atom stereocenters. The molecule has 0 aromatic carbocycles. The predicted octanol–water partition coefficient (Wildman–Crippen LogP) is 3.10. The summed E-state index contributed by atoms with van der Waals surface area (Å²) in [5.74, 6) is 1.97. The molecule has 8 nitrogen and oxygen atoms in total. The summed E-state index contributed by atoms with van der Waals surface area (Å²) in [6, 6.07) is 0. The van der Waals surface area contributed by atoms with Gasteiger partial charge in [0.2, 0.25) is 5.91 Å². The van der Waals surface area contributed by atoms with Crippen molar-refractivity contribution in [1.29, 1.82) is 0 Å². The molecule has 214 valence electrons. The Morgan fingerprint density at radius 3 is 2.43 bits per heavy atom. The van der Waals surface area contributed by atoms with Gasteiger partial charge < -0.3 is 20.2 Å². The molecule has 37 heavy (non-hydrogen) atoms. The van der Waals surface area contributed by atoms with E-state index in [9.17, 15) is 28.5 Å². The number of fused-ring (bicyclic) bond motifs is 5. The number of aliphatic hydroxyl groups is 3. The van der Waals surface area contributed by atoms with Crippen molar-refractivity contribution in [2.45, 2.75) is 97.2 Å². The minimum Gasteiger partial charge on any atom is -0.395 e. The summed E-state index contributed by atoms with van der Waals surface area (Å²) in [4.78, 5) is 14.2. The maximum Gasteiger partial charge on any atom is 0.266 e. The van der Waals surface area contributed by atoms with E-state index in [1.807, 2.05) is 0 Å². The van der Waals surface area contributed by atoms with Gasteiger partial charge in [0.25, 0.3) is 10.1 Å². The SMILES string of the molecule is C[C@H](CCC(=O)N(CCO)CCS(=O)(=O)O)[C@H]1CC[C@H]2[C@@H]3CC[C@@H]4C[C@H](O)CC[C@]4(C)[C@H]3C[C@H](O)[C@]12C. The van der Waals surface area contributed by atoms with E-state index in [4.69, 9.17) is 4.55 Å². The van der Waals surface area contributed by atoms with Crippen molar-refractivity contribution in [2.24, 2.45) is 46.3 Å². The molecule has 0 aromatic heterocycles. The summed E-state index contributed by atoms with van der Waals surface area (Å²) in [6.07, 6.45) is 8.58. The zero-order valence-electron chi connectivity index (χ0n) is 22.9. The van der Waals surface area contributed by atoms with E-state index in [0.29, 0.717) is 36.0 Å². The van der Waals surface area contributed by atoms with Gasteiger partial charge in [0.05, 0.1) is 24.6 Å². The van der Waals surface area contributed by atoms with Crippen molar-refractivity contribution in [2.75, 3.05) is 25.4 Å². The smallest absolute Gasteiger partial charge is 0.266 e. The van der Waals surface area contributed by atoms with Gasteiger partial charge in [0, 0.05) is 19.5 Å². The van der Waals surface area contributed by atoms with E-state index in [-0.39, 0.29) is 61.0 Å². The molecule has 4 N–H and O–H groups in total. The number of amides is 1. The highest BCUT2D eigenvalue weighted by molar-refractivity contribution is 7.85. The molecule has 4 aliphatic carbocycles. The number of nitrogens with zero attached hydrogens (tertiary/aromatic N) is 1. The second kappa shape index (κ2) is 11.0. The third-order valence-electron chi connectivity index (χ3n) is 11.7. The average molecular weight is 544 g/mol. The fourth-order valence-electron chi connectivity index (χ4n) is 9.58. The molecule has 0 aromatic rings. The van der Waals surface area contributed by atoms with E-state index >= 15 is 0 Å². The molecule has 4 aliphatic rings. The van der Waals surface area contributed by atoms with Crippen molar-refractivity contribution in [3.8, 4) is 0 Å². The first-order valence-electron chi connectivity index (χ1n) is 14.5. The van der Waals surface area contributed by atoms with Gasteiger partial charge in [-0.25, -0.2) is 0 Å². The number of carbonyl (C=O) groups is 1. The van der Waals surface area contributed by atoms with E-state index in [1.54, 1.807) is 0 Å². The normalized spacial score (nSPS) is 42.4. The highest BCUT2D eigenvalue weighted by Gasteiger charge is 2.63. The van der Waals surface area contributed by atoms with Crippen LogP contribution >= 0.6 is 0 Å². The van der Waals surface area contributed by atoms with Gasteiger partial charge in [-0.3, -0.25) is 9.35 Å². The number of hydrogen-bond acceptors (Lipinski definition) is 6. The molecule has 9 heteroatoms. The largest absolute Gasteiger partial charge is 0.395 e. The van der Waals surface area contributed by atoms with E-state index in [1.165, 1.54) is 17.7 Å². The molecular weight excluding hydrogens is 494 g/mol. The zero-order chi connectivity index (χ0) is 27.2. The Hall–Kier alpha value is -0.740. The van der Waals surface area contributed by atoms with Crippen LogP contribution in [0.4, 0.5) is 0 Å². The van der Waals surface area contributed by atoms with Crippen molar-refractivity contribution in [3.05, 3.63) is 0 Å². The van der Waals surface area contributed by atoms with Gasteiger partial charge in [-0.05, 0) is 104 Å². The van der Waals surface area contributed by atoms with Crippen LogP contribution in [0.25, 0.3) is 0 Å². The molecule has 4 fully saturated rings. The maximum atomic E-state index is 12.8. The highest BCUT2D eigenvalue weighted by atomic mass is 32.2. The van der Waals surface area contributed by atoms with Crippen molar-refractivity contribution in [1.82, 2.24) is 4.90 Å². The number of carbonyl (C=O) groups excluding carboxylic acids is 1. The van der Waals surface area contributed by atoms with Crippen LogP contribution in [0.1, 0.15) is 85.0 Å². The van der Waals surface area contributed by atoms with E-state index < -0.39 is 15.9 Å². The number of rotatable bonds is 9. The van der Waals surface area contributed by atoms with Gasteiger partial charge in [0.15, 0.2) is 0 Å². The topological polar surface area (TPSA) is 135 Å². The van der Waals surface area contributed by atoms with Crippen LogP contribution in [0.3, 0.4) is 0 Å². The summed E-state index contributed by atoms with van der Waals surface area (Å²) < 4.78 is 31.3. The first-order chi connectivity index (χ1) is 17.3. The van der Waals surface area contributed by atoms with Crippen LogP contribution in [0.15, 0.2) is 0 Å². The van der Waals surface area contributed by atoms with Crippen LogP contribution in [0.5, 0.6) is 0 Å². The molecule has 1 amide bonds. The molecular formula is C28H49NO7S. The molecule has 0 heterocycles. The Labute approximate surface area is 223 Å². The second-order valence-corrected chi connectivity index (χ2v) is 14.9. The molecule has 0 saturated heterocycles. The van der Waals surface area contributed by atoms with Gasteiger partial charge >= 0.3 is 0 Å². The first-order valence-corrected chi connectivity index (χ1v) is 16.1. The van der Waals surface area contributed by atoms with Crippen LogP contribution in [-0.2, 0) is 14.9 Å². The van der Waals surface area contributed by atoms with E-state index in [2.05, 4.69) is 20.8 Å². The molecule has 0 bridgehead atoms. The molecule has 4 saturated carbocycles. The predicted molar refractivity (Wildman–Crippen MR) is 141 cm³/mol. The van der Waals surface area contributed by atoms with Gasteiger partial charge in [-0.1, -0.05) is 20.8 Å². The summed E-state index contributed by atoms with van der Waals surface area (Å²) >= 11 is 0. The average Bonchev–Trinajstić information content (AvgIpc) is 3.19. The molecule has 4 rings (SSSR count). The number of hydrogen-bond donors (Lipinski definition) is 4. The maximum absolute atomic E-state index is 12.8. The Morgan fingerprint density at radius 1 is 1.03 bits per heavy atom. The third-order valence-corrected chi connectivity index (χ3v) is 12.4. The second-order valence-electron chi connectivity index (χ2n) is 13.3. The number of aliphatic hydroxyl groups excluding tert-OH is 3. The molecule has 0 aliphatic heterocycles. The van der Waals surface area contributed by atoms with Crippen molar-refractivity contribution in [3.63, 3.8) is 0 Å². The molecule has 0 spiro atoms. The van der Waals surface area contributed by atoms with Crippen molar-refractivity contribution < 1.29 is 33.1 Å². The van der Waals surface area contributed by atoms with Gasteiger partial charge in [-0.15, -0.1) is 0 Å². The summed E-state index contributed by atoms with van der Waals surface area (Å²) in [7, 11) is -4.18. The minimum absolute atomic E-state index is 0.0462. The third kappa shape index (κ3) is 5.63. The van der Waals surface area contributed by atoms with Crippen molar-refractivity contribution >= 4 is 16.0 Å². The van der Waals surface area contributed by atoms with Crippen LogP contribution in [0, 0.1) is 46.3 Å². The van der Waals surface area contributed by atoms with Crippen LogP contribution < -0.4 is 0 Å². The highest BCUT2D eigenvalue weighted by Crippen LogP contribution is 2.68. The lowest BCUT2D eigenvalue weighted by Crippen LogP contribution is -2.58. The Kier molecular flexibility index (Phi) is 8.72. The first kappa shape index (κ1) is 29.2. The van der Waals surface area contributed by atoms with E-state index in [0.717, 1.165) is 38.5 Å². The fraction of sp³-hybridized carbons (Fsp3) is 0.964. The lowest BCUT2D eigenvalue weighted by molar-refractivity contribution is -0.175. The summed E-state index contributed by atoms with van der Waals surface area (Å²) in [5, 5.41) is 31.3. The van der Waals surface area contributed by atoms with Gasteiger partial charge in [0.1, 0.15) is 0 Å².